The summed E-state index contributed by atoms with van der Waals surface area (Å²) in [6.07, 6.45) is 4.78. The molecule has 0 spiro atoms. The quantitative estimate of drug-likeness (QED) is 0.918. The van der Waals surface area contributed by atoms with Crippen LogP contribution in [0.1, 0.15) is 28.9 Å². The van der Waals surface area contributed by atoms with Crippen molar-refractivity contribution < 1.29 is 4.79 Å². The molecule has 5 nitrogen and oxygen atoms in total. The lowest BCUT2D eigenvalue weighted by Gasteiger charge is -2.29. The van der Waals surface area contributed by atoms with E-state index in [4.69, 9.17) is 17.3 Å². The summed E-state index contributed by atoms with van der Waals surface area (Å²) in [5.41, 5.74) is 8.69. The first-order chi connectivity index (χ1) is 11.1. The van der Waals surface area contributed by atoms with Crippen LogP contribution in [0.15, 0.2) is 30.6 Å². The summed E-state index contributed by atoms with van der Waals surface area (Å²) in [6.45, 7) is 3.29. The van der Waals surface area contributed by atoms with E-state index in [1.165, 1.54) is 6.20 Å². The summed E-state index contributed by atoms with van der Waals surface area (Å²) >= 11 is 6.31. The normalized spacial score (nSPS) is 15.7. The van der Waals surface area contributed by atoms with Crippen LogP contribution in [0.5, 0.6) is 0 Å². The van der Waals surface area contributed by atoms with E-state index < -0.39 is 0 Å². The van der Waals surface area contributed by atoms with E-state index in [2.05, 4.69) is 9.97 Å². The largest absolute Gasteiger partial charge is 0.337 e. The third-order valence-electron chi connectivity index (χ3n) is 4.17. The number of likely N-dealkylation sites (tertiary alicyclic amines) is 1. The number of amides is 1. The van der Waals surface area contributed by atoms with Crippen LogP contribution in [-0.2, 0) is 0 Å². The van der Waals surface area contributed by atoms with Gasteiger partial charge < -0.3 is 10.6 Å². The van der Waals surface area contributed by atoms with E-state index in [1.54, 1.807) is 11.1 Å². The van der Waals surface area contributed by atoms with Gasteiger partial charge in [0.1, 0.15) is 5.69 Å². The number of aryl methyl sites for hydroxylation is 1. The van der Waals surface area contributed by atoms with Crippen molar-refractivity contribution in [2.24, 2.45) is 5.73 Å². The summed E-state index contributed by atoms with van der Waals surface area (Å²) in [6, 6.07) is 5.95. The average Bonchev–Trinajstić information content (AvgIpc) is 2.58. The fraction of sp³-hybridized carbons (Fsp3) is 0.353. The summed E-state index contributed by atoms with van der Waals surface area (Å²) in [7, 11) is 0. The smallest absolute Gasteiger partial charge is 0.274 e. The molecule has 0 unspecified atom stereocenters. The van der Waals surface area contributed by atoms with Crippen molar-refractivity contribution in [1.29, 1.82) is 0 Å². The molecule has 0 radical (unpaired) electrons. The molecule has 1 aromatic heterocycles. The van der Waals surface area contributed by atoms with Gasteiger partial charge in [0.05, 0.1) is 23.1 Å². The molecule has 1 saturated heterocycles. The predicted molar refractivity (Wildman–Crippen MR) is 90.3 cm³/mol. The minimum Gasteiger partial charge on any atom is -0.337 e. The molecule has 23 heavy (non-hydrogen) atoms. The minimum atomic E-state index is -0.0914. The van der Waals surface area contributed by atoms with Crippen molar-refractivity contribution in [3.8, 4) is 11.3 Å². The van der Waals surface area contributed by atoms with E-state index in [0.717, 1.165) is 24.0 Å². The summed E-state index contributed by atoms with van der Waals surface area (Å²) in [5.74, 6) is -0.0914. The number of halogens is 1. The Morgan fingerprint density at radius 2 is 2.00 bits per heavy atom. The van der Waals surface area contributed by atoms with Gasteiger partial charge in [-0.2, -0.15) is 0 Å². The predicted octanol–water partition coefficient (Wildman–Crippen LogP) is 2.67. The van der Waals surface area contributed by atoms with Crippen LogP contribution in [-0.4, -0.2) is 39.9 Å². The number of hydrogen-bond acceptors (Lipinski definition) is 4. The van der Waals surface area contributed by atoms with Crippen LogP contribution in [0.4, 0.5) is 0 Å². The molecule has 2 N–H and O–H groups in total. The molecule has 6 heteroatoms. The highest BCUT2D eigenvalue weighted by Gasteiger charge is 2.22. The maximum atomic E-state index is 12.4. The molecular weight excluding hydrogens is 312 g/mol. The summed E-state index contributed by atoms with van der Waals surface area (Å²) < 4.78 is 0. The molecular formula is C17H19ClN4O. The van der Waals surface area contributed by atoms with Gasteiger partial charge in [-0.15, -0.1) is 0 Å². The van der Waals surface area contributed by atoms with Crippen molar-refractivity contribution >= 4 is 17.5 Å². The van der Waals surface area contributed by atoms with Gasteiger partial charge >= 0.3 is 0 Å². The number of aromatic nitrogens is 2. The van der Waals surface area contributed by atoms with Crippen LogP contribution in [0.25, 0.3) is 11.3 Å². The number of hydrogen-bond donors (Lipinski definition) is 1. The number of carbonyl (C=O) groups excluding carboxylic acids is 1. The van der Waals surface area contributed by atoms with Crippen molar-refractivity contribution in [2.45, 2.75) is 25.8 Å². The highest BCUT2D eigenvalue weighted by molar-refractivity contribution is 6.34. The Morgan fingerprint density at radius 1 is 1.26 bits per heavy atom. The fourth-order valence-corrected chi connectivity index (χ4v) is 2.91. The van der Waals surface area contributed by atoms with Gasteiger partial charge in [0.2, 0.25) is 0 Å². The molecule has 2 heterocycles. The zero-order chi connectivity index (χ0) is 16.4. The maximum Gasteiger partial charge on any atom is 0.274 e. The van der Waals surface area contributed by atoms with Crippen LogP contribution in [0.3, 0.4) is 0 Å². The van der Waals surface area contributed by atoms with Crippen molar-refractivity contribution in [2.75, 3.05) is 13.1 Å². The van der Waals surface area contributed by atoms with Crippen LogP contribution < -0.4 is 5.73 Å². The van der Waals surface area contributed by atoms with Crippen molar-refractivity contribution in [3.63, 3.8) is 0 Å². The Kier molecular flexibility index (Phi) is 4.59. The van der Waals surface area contributed by atoms with Crippen LogP contribution in [0, 0.1) is 6.92 Å². The molecule has 1 aliphatic heterocycles. The number of piperidine rings is 1. The molecule has 1 amide bonds. The molecule has 0 saturated carbocycles. The molecule has 120 valence electrons. The molecule has 2 aromatic rings. The standard InChI is InChI=1S/C17H19ClN4O/c1-11-3-2-4-13(16(11)18)14-9-21-15(10-20-14)17(23)22-7-5-12(19)6-8-22/h2-4,9-10,12H,5-8,19H2,1H3. The van der Waals surface area contributed by atoms with Gasteiger partial charge in [-0.05, 0) is 25.3 Å². The average molecular weight is 331 g/mol. The van der Waals surface area contributed by atoms with Gasteiger partial charge in [-0.1, -0.05) is 29.8 Å². The second-order valence-corrected chi connectivity index (χ2v) is 6.23. The maximum absolute atomic E-state index is 12.4. The zero-order valence-corrected chi connectivity index (χ0v) is 13.8. The Hall–Kier alpha value is -1.98. The zero-order valence-electron chi connectivity index (χ0n) is 13.0. The highest BCUT2D eigenvalue weighted by atomic mass is 35.5. The fourth-order valence-electron chi connectivity index (χ4n) is 2.69. The van der Waals surface area contributed by atoms with E-state index >= 15 is 0 Å². The van der Waals surface area contributed by atoms with Gasteiger partial charge in [-0.25, -0.2) is 4.98 Å². The lowest BCUT2D eigenvalue weighted by atomic mass is 10.1. The van der Waals surface area contributed by atoms with E-state index in [9.17, 15) is 4.79 Å². The molecule has 0 atom stereocenters. The number of benzene rings is 1. The molecule has 1 fully saturated rings. The van der Waals surface area contributed by atoms with Gasteiger partial charge in [-0.3, -0.25) is 9.78 Å². The molecule has 3 rings (SSSR count). The molecule has 0 bridgehead atoms. The second kappa shape index (κ2) is 6.64. The Labute approximate surface area is 140 Å². The summed E-state index contributed by atoms with van der Waals surface area (Å²) in [5, 5.41) is 0.658. The number of rotatable bonds is 2. The first-order valence-corrected chi connectivity index (χ1v) is 8.06. The van der Waals surface area contributed by atoms with Gasteiger partial charge in [0.15, 0.2) is 0 Å². The third kappa shape index (κ3) is 3.35. The number of nitrogens with two attached hydrogens (primary N) is 1. The minimum absolute atomic E-state index is 0.0914. The van der Waals surface area contributed by atoms with Crippen molar-refractivity contribution in [3.05, 3.63) is 46.9 Å². The lowest BCUT2D eigenvalue weighted by molar-refractivity contribution is 0.0708. The number of carbonyl (C=O) groups is 1. The Balaban J connectivity index is 1.79. The molecule has 0 aliphatic carbocycles. The van der Waals surface area contributed by atoms with E-state index in [0.29, 0.717) is 29.5 Å². The lowest BCUT2D eigenvalue weighted by Crippen LogP contribution is -2.43. The highest BCUT2D eigenvalue weighted by Crippen LogP contribution is 2.28. The van der Waals surface area contributed by atoms with E-state index in [1.807, 2.05) is 25.1 Å². The Bertz CT molecular complexity index is 709. The van der Waals surface area contributed by atoms with Gasteiger partial charge in [0, 0.05) is 24.7 Å². The topological polar surface area (TPSA) is 72.1 Å². The van der Waals surface area contributed by atoms with Crippen LogP contribution in [0.2, 0.25) is 5.02 Å². The SMILES string of the molecule is Cc1cccc(-c2cnc(C(=O)N3CCC(N)CC3)cn2)c1Cl. The Morgan fingerprint density at radius 3 is 2.65 bits per heavy atom. The second-order valence-electron chi connectivity index (χ2n) is 5.85. The number of nitrogens with zero attached hydrogens (tertiary/aromatic N) is 3. The summed E-state index contributed by atoms with van der Waals surface area (Å²) in [4.78, 5) is 22.9. The van der Waals surface area contributed by atoms with Crippen molar-refractivity contribution in [1.82, 2.24) is 14.9 Å². The van der Waals surface area contributed by atoms with E-state index in [-0.39, 0.29) is 11.9 Å². The first-order valence-electron chi connectivity index (χ1n) is 7.68. The molecule has 1 aliphatic rings. The first kappa shape index (κ1) is 15.9. The monoisotopic (exact) mass is 330 g/mol. The third-order valence-corrected chi connectivity index (χ3v) is 4.67. The van der Waals surface area contributed by atoms with Crippen LogP contribution >= 0.6 is 11.6 Å². The van der Waals surface area contributed by atoms with Gasteiger partial charge in [0.25, 0.3) is 5.91 Å². The molecule has 1 aromatic carbocycles.